The molecule has 0 aliphatic heterocycles. The maximum Gasteiger partial charge on any atom is 0.0456 e. The minimum absolute atomic E-state index is 1.15. The highest BCUT2D eigenvalue weighted by atomic mass is 32.1. The molecular formula is C8H5S2. The molecule has 0 aromatic carbocycles. The van der Waals surface area contributed by atoms with Gasteiger partial charge in [-0.3, -0.25) is 0 Å². The average molecular weight is 165 g/mol. The van der Waals surface area contributed by atoms with E-state index in [-0.39, 0.29) is 0 Å². The first-order valence-electron chi connectivity index (χ1n) is 2.92. The Bertz CT molecular complexity index is 325. The molecule has 0 unspecified atom stereocenters. The molecule has 1 radical (unpaired) electrons. The summed E-state index contributed by atoms with van der Waals surface area (Å²) in [5, 5.41) is 2.10. The lowest BCUT2D eigenvalue weighted by Crippen LogP contribution is -1.47. The fraction of sp³-hybridized carbons (Fsp3) is 0. The Hall–Kier alpha value is -0.600. The molecule has 0 saturated carbocycles. The smallest absolute Gasteiger partial charge is 0.0456 e. The zero-order chi connectivity index (χ0) is 6.97. The van der Waals surface area contributed by atoms with Crippen molar-refractivity contribution in [3.8, 4) is 0 Å². The topological polar surface area (TPSA) is 0 Å². The zero-order valence-corrected chi connectivity index (χ0v) is 6.84. The molecule has 49 valence electrons. The van der Waals surface area contributed by atoms with Crippen LogP contribution in [0.4, 0.5) is 0 Å². The Labute approximate surface area is 67.4 Å². The van der Waals surface area contributed by atoms with Crippen LogP contribution in [0.5, 0.6) is 0 Å². The van der Waals surface area contributed by atoms with Crippen molar-refractivity contribution < 1.29 is 0 Å². The van der Waals surface area contributed by atoms with Crippen LogP contribution in [0.3, 0.4) is 0 Å². The highest BCUT2D eigenvalue weighted by Gasteiger charge is 1.97. The Morgan fingerprint density at radius 1 is 1.40 bits per heavy atom. The molecule has 0 N–H and O–H groups in total. The predicted octanol–water partition coefficient (Wildman–Crippen LogP) is 3.41. The van der Waals surface area contributed by atoms with Crippen molar-refractivity contribution in [1.82, 2.24) is 0 Å². The van der Waals surface area contributed by atoms with Gasteiger partial charge in [0.05, 0.1) is 0 Å². The number of fused-ring (bicyclic) bond motifs is 1. The lowest BCUT2D eigenvalue weighted by Gasteiger charge is -1.73. The van der Waals surface area contributed by atoms with Crippen molar-refractivity contribution in [3.63, 3.8) is 0 Å². The summed E-state index contributed by atoms with van der Waals surface area (Å²) in [4.78, 5) is 1.15. The van der Waals surface area contributed by atoms with Crippen LogP contribution >= 0.6 is 22.7 Å². The van der Waals surface area contributed by atoms with Crippen molar-refractivity contribution in [2.24, 2.45) is 0 Å². The molecule has 0 atom stereocenters. The standard InChI is InChI=1S/C8H5S2/c1-2-6-5-8-7(10-6)3-4-9-8/h1-5H. The van der Waals surface area contributed by atoms with Gasteiger partial charge in [-0.25, -0.2) is 0 Å². The van der Waals surface area contributed by atoms with Crippen LogP contribution in [0.25, 0.3) is 15.5 Å². The molecule has 0 amide bonds. The second-order valence-corrected chi connectivity index (χ2v) is 4.03. The highest BCUT2D eigenvalue weighted by molar-refractivity contribution is 7.27. The van der Waals surface area contributed by atoms with Crippen LogP contribution in [-0.4, -0.2) is 0 Å². The average Bonchev–Trinajstić information content (AvgIpc) is 2.42. The minimum Gasteiger partial charge on any atom is -0.143 e. The molecule has 0 nitrogen and oxygen atoms in total. The molecule has 2 rings (SSSR count). The Morgan fingerprint density at radius 3 is 3.00 bits per heavy atom. The van der Waals surface area contributed by atoms with E-state index in [1.807, 2.05) is 0 Å². The second-order valence-electron chi connectivity index (χ2n) is 1.96. The molecular weight excluding hydrogens is 160 g/mol. The van der Waals surface area contributed by atoms with Crippen LogP contribution in [0.15, 0.2) is 17.5 Å². The summed E-state index contributed by atoms with van der Waals surface area (Å²) in [6.45, 7) is 5.36. The second kappa shape index (κ2) is 2.22. The Kier molecular flexibility index (Phi) is 1.36. The van der Waals surface area contributed by atoms with Crippen molar-refractivity contribution in [3.05, 3.63) is 29.0 Å². The summed E-state index contributed by atoms with van der Waals surface area (Å²) in [6.07, 6.45) is 1.65. The molecule has 0 fully saturated rings. The van der Waals surface area contributed by atoms with E-state index >= 15 is 0 Å². The molecule has 0 aliphatic carbocycles. The van der Waals surface area contributed by atoms with E-state index in [0.717, 1.165) is 4.88 Å². The van der Waals surface area contributed by atoms with Crippen LogP contribution in [0.2, 0.25) is 0 Å². The predicted molar refractivity (Wildman–Crippen MR) is 48.5 cm³/mol. The third kappa shape index (κ3) is 0.805. The van der Waals surface area contributed by atoms with Crippen LogP contribution in [-0.2, 0) is 0 Å². The molecule has 0 aliphatic rings. The van der Waals surface area contributed by atoms with Gasteiger partial charge in [-0.2, -0.15) is 0 Å². The first-order chi connectivity index (χ1) is 4.90. The first kappa shape index (κ1) is 6.13. The molecule has 2 aromatic rings. The van der Waals surface area contributed by atoms with E-state index in [4.69, 9.17) is 6.58 Å². The van der Waals surface area contributed by atoms with E-state index in [2.05, 4.69) is 17.5 Å². The summed E-state index contributed by atoms with van der Waals surface area (Å²) in [5.74, 6) is 0. The quantitative estimate of drug-likeness (QED) is 0.607. The number of thiophene rings is 2. The molecule has 10 heavy (non-hydrogen) atoms. The fourth-order valence-corrected chi connectivity index (χ4v) is 2.82. The summed E-state index contributed by atoms with van der Waals surface area (Å²) in [5.41, 5.74) is 0. The number of rotatable bonds is 1. The molecule has 2 aromatic heterocycles. The summed E-state index contributed by atoms with van der Waals surface area (Å²) >= 11 is 3.49. The SMILES string of the molecule is [CH]=Cc1cc2sccc2s1. The number of hydrogen-bond donors (Lipinski definition) is 0. The Balaban J connectivity index is 2.78. The van der Waals surface area contributed by atoms with Crippen LogP contribution in [0, 0.1) is 6.58 Å². The van der Waals surface area contributed by atoms with E-state index in [1.165, 1.54) is 9.40 Å². The van der Waals surface area contributed by atoms with Gasteiger partial charge in [0.1, 0.15) is 0 Å². The fourth-order valence-electron chi connectivity index (χ4n) is 0.867. The lowest BCUT2D eigenvalue weighted by atomic mass is 10.4. The van der Waals surface area contributed by atoms with E-state index in [9.17, 15) is 0 Å². The third-order valence-electron chi connectivity index (χ3n) is 1.32. The van der Waals surface area contributed by atoms with Gasteiger partial charge in [0, 0.05) is 14.3 Å². The molecule has 0 spiro atoms. The molecule has 2 heterocycles. The van der Waals surface area contributed by atoms with E-state index in [1.54, 1.807) is 28.7 Å². The van der Waals surface area contributed by atoms with E-state index in [0.29, 0.717) is 0 Å². The van der Waals surface area contributed by atoms with Gasteiger partial charge in [0.2, 0.25) is 0 Å². The molecule has 2 heteroatoms. The normalized spacial score (nSPS) is 10.4. The summed E-state index contributed by atoms with van der Waals surface area (Å²) in [7, 11) is 0. The van der Waals surface area contributed by atoms with Crippen LogP contribution < -0.4 is 0 Å². The first-order valence-corrected chi connectivity index (χ1v) is 4.62. The molecule has 0 saturated heterocycles. The molecule has 0 bridgehead atoms. The monoisotopic (exact) mass is 165 g/mol. The third-order valence-corrected chi connectivity index (χ3v) is 3.38. The highest BCUT2D eigenvalue weighted by Crippen LogP contribution is 2.30. The van der Waals surface area contributed by atoms with Gasteiger partial charge in [0.25, 0.3) is 0 Å². The van der Waals surface area contributed by atoms with Gasteiger partial charge in [-0.15, -0.1) is 22.7 Å². The van der Waals surface area contributed by atoms with Crippen LogP contribution in [0.1, 0.15) is 4.88 Å². The summed E-state index contributed by atoms with van der Waals surface area (Å²) in [6, 6.07) is 4.24. The largest absolute Gasteiger partial charge is 0.143 e. The maximum atomic E-state index is 5.36. The van der Waals surface area contributed by atoms with Crippen molar-refractivity contribution in [1.29, 1.82) is 0 Å². The lowest BCUT2D eigenvalue weighted by molar-refractivity contribution is 2.09. The van der Waals surface area contributed by atoms with Crippen molar-refractivity contribution >= 4 is 38.1 Å². The van der Waals surface area contributed by atoms with Gasteiger partial charge in [-0.1, -0.05) is 6.58 Å². The Morgan fingerprint density at radius 2 is 2.30 bits per heavy atom. The van der Waals surface area contributed by atoms with Gasteiger partial charge in [0.15, 0.2) is 0 Å². The van der Waals surface area contributed by atoms with E-state index < -0.39 is 0 Å². The number of hydrogen-bond acceptors (Lipinski definition) is 2. The van der Waals surface area contributed by atoms with Gasteiger partial charge in [-0.05, 0) is 23.6 Å². The maximum absolute atomic E-state index is 5.36. The summed E-state index contributed by atoms with van der Waals surface area (Å²) < 4.78 is 2.67. The van der Waals surface area contributed by atoms with Gasteiger partial charge < -0.3 is 0 Å². The van der Waals surface area contributed by atoms with Crippen molar-refractivity contribution in [2.75, 3.05) is 0 Å². The zero-order valence-electron chi connectivity index (χ0n) is 5.20. The van der Waals surface area contributed by atoms with Crippen molar-refractivity contribution in [2.45, 2.75) is 0 Å². The minimum atomic E-state index is 1.15. The van der Waals surface area contributed by atoms with Gasteiger partial charge >= 0.3 is 0 Å².